The fourth-order valence-electron chi connectivity index (χ4n) is 4.84. The first-order chi connectivity index (χ1) is 20.8. The molecule has 12 nitrogen and oxygen atoms in total. The number of nitriles is 1. The highest BCUT2D eigenvalue weighted by atomic mass is 79.9. The number of unbranched alkanes of at least 4 members (excludes halogenated alkanes) is 2. The first-order valence-corrected chi connectivity index (χ1v) is 15.3. The number of anilines is 1. The lowest BCUT2D eigenvalue weighted by Gasteiger charge is -2.27. The van der Waals surface area contributed by atoms with Gasteiger partial charge in [-0.05, 0) is 59.4 Å². The molecule has 13 heteroatoms. The Morgan fingerprint density at radius 2 is 1.73 bits per heavy atom. The van der Waals surface area contributed by atoms with Crippen molar-refractivity contribution in [3.63, 3.8) is 0 Å². The number of rotatable bonds is 17. The Bertz CT molecular complexity index is 1340. The highest BCUT2D eigenvalue weighted by Gasteiger charge is 2.23. The van der Waals surface area contributed by atoms with Crippen LogP contribution in [0.2, 0.25) is 0 Å². The number of nitro groups is 1. The van der Waals surface area contributed by atoms with E-state index in [1.165, 1.54) is 13.2 Å². The Hall–Kier alpha value is -3.60. The molecule has 1 unspecified atom stereocenters. The van der Waals surface area contributed by atoms with Crippen LogP contribution in [0.25, 0.3) is 0 Å². The van der Waals surface area contributed by atoms with Gasteiger partial charge in [-0.15, -0.1) is 10.2 Å². The van der Waals surface area contributed by atoms with Crippen molar-refractivity contribution in [2.24, 2.45) is 21.6 Å². The van der Waals surface area contributed by atoms with Crippen LogP contribution in [-0.2, 0) is 4.79 Å². The lowest BCUT2D eigenvalue weighted by atomic mass is 9.84. The van der Waals surface area contributed by atoms with Crippen LogP contribution in [0, 0.1) is 32.8 Å². The number of carbonyl (C=O) groups is 1. The van der Waals surface area contributed by atoms with E-state index >= 15 is 0 Å². The minimum absolute atomic E-state index is 0.0343. The Morgan fingerprint density at radius 1 is 1.09 bits per heavy atom. The average Bonchev–Trinajstić information content (AvgIpc) is 2.94. The van der Waals surface area contributed by atoms with Crippen molar-refractivity contribution in [3.05, 3.63) is 44.4 Å². The first-order valence-electron chi connectivity index (χ1n) is 14.5. The van der Waals surface area contributed by atoms with E-state index < -0.39 is 10.9 Å². The van der Waals surface area contributed by atoms with E-state index in [1.807, 2.05) is 17.9 Å². The minimum atomic E-state index is -0.610. The van der Waals surface area contributed by atoms with Crippen molar-refractivity contribution in [1.29, 1.82) is 5.26 Å². The fourth-order valence-corrected chi connectivity index (χ4v) is 5.37. The summed E-state index contributed by atoms with van der Waals surface area (Å²) >= 11 is 3.25. The SMILES string of the molecule is COc1cc(/N=N/c2c(Br)cc([N+](=O)[O-])cc2C#N)c(OC(=O)CC(C)CC(C)(C)C)cc1N(CCCCO)CCCCO. The number of non-ortho nitro benzene ring substituents is 1. The quantitative estimate of drug-likeness (QED) is 0.0433. The molecule has 0 saturated heterocycles. The molecule has 0 spiro atoms. The topological polar surface area (TPSA) is 171 Å². The van der Waals surface area contributed by atoms with Crippen molar-refractivity contribution >= 4 is 44.6 Å². The maximum Gasteiger partial charge on any atom is 0.311 e. The second-order valence-electron chi connectivity index (χ2n) is 11.8. The lowest BCUT2D eigenvalue weighted by molar-refractivity contribution is -0.384. The molecule has 0 heterocycles. The van der Waals surface area contributed by atoms with Crippen LogP contribution in [0.15, 0.2) is 39.0 Å². The van der Waals surface area contributed by atoms with Crippen molar-refractivity contribution in [3.8, 4) is 17.6 Å². The molecule has 0 saturated carbocycles. The summed E-state index contributed by atoms with van der Waals surface area (Å²) < 4.78 is 11.8. The van der Waals surface area contributed by atoms with Gasteiger partial charge < -0.3 is 24.6 Å². The highest BCUT2D eigenvalue weighted by molar-refractivity contribution is 9.10. The maximum atomic E-state index is 13.1. The molecule has 2 rings (SSSR count). The maximum absolute atomic E-state index is 13.1. The molecule has 2 N–H and O–H groups in total. The zero-order chi connectivity index (χ0) is 32.9. The van der Waals surface area contributed by atoms with E-state index in [-0.39, 0.29) is 63.8 Å². The Kier molecular flexibility index (Phi) is 14.7. The Morgan fingerprint density at radius 3 is 2.25 bits per heavy atom. The first kappa shape index (κ1) is 36.6. The van der Waals surface area contributed by atoms with Crippen LogP contribution in [0.3, 0.4) is 0 Å². The van der Waals surface area contributed by atoms with Gasteiger partial charge in [-0.3, -0.25) is 14.9 Å². The van der Waals surface area contributed by atoms with E-state index in [0.717, 1.165) is 12.5 Å². The largest absolute Gasteiger partial charge is 0.494 e. The molecule has 0 aliphatic heterocycles. The highest BCUT2D eigenvalue weighted by Crippen LogP contribution is 2.43. The monoisotopic (exact) mass is 675 g/mol. The number of aliphatic hydroxyl groups is 2. The number of methoxy groups -OCH3 is 1. The van der Waals surface area contributed by atoms with Gasteiger partial charge >= 0.3 is 5.97 Å². The second-order valence-corrected chi connectivity index (χ2v) is 12.6. The number of ether oxygens (including phenoxy) is 2. The lowest BCUT2D eigenvalue weighted by Crippen LogP contribution is -2.26. The molecule has 1 atom stereocenters. The standard InChI is InChI=1S/C31H42BrN5O7/c1-21(19-31(2,3)4)14-29(40)44-27-18-26(36(10-6-8-12-38)11-7-9-13-39)28(43-5)17-25(27)34-35-30-22(20-33)15-23(37(41)42)16-24(30)32/h15-18,21,38-39H,6-14,19H2,1-5H3/b35-34+. The summed E-state index contributed by atoms with van der Waals surface area (Å²) in [6.45, 7) is 9.59. The number of benzene rings is 2. The number of carbonyl (C=O) groups excluding carboxylic acids is 1. The summed E-state index contributed by atoms with van der Waals surface area (Å²) in [5, 5.41) is 48.1. The molecular formula is C31H42BrN5O7. The van der Waals surface area contributed by atoms with Crippen LogP contribution >= 0.6 is 15.9 Å². The minimum Gasteiger partial charge on any atom is -0.494 e. The van der Waals surface area contributed by atoms with Gasteiger partial charge in [0, 0.05) is 57.0 Å². The molecule has 0 aromatic heterocycles. The van der Waals surface area contributed by atoms with Crippen molar-refractivity contribution < 1.29 is 29.4 Å². The summed E-state index contributed by atoms with van der Waals surface area (Å²) in [6, 6.07) is 7.49. The number of hydrogen-bond acceptors (Lipinski definition) is 11. The molecule has 0 aliphatic rings. The van der Waals surface area contributed by atoms with Crippen LogP contribution in [0.1, 0.15) is 71.8 Å². The number of halogens is 1. The number of nitro benzene ring substituents is 1. The third-order valence-electron chi connectivity index (χ3n) is 6.61. The van der Waals surface area contributed by atoms with Crippen molar-refractivity contribution in [2.75, 3.05) is 38.3 Å². The number of esters is 1. The van der Waals surface area contributed by atoms with E-state index in [1.54, 1.807) is 12.1 Å². The van der Waals surface area contributed by atoms with Crippen LogP contribution in [0.4, 0.5) is 22.7 Å². The third-order valence-corrected chi connectivity index (χ3v) is 7.21. The molecule has 0 amide bonds. The summed E-state index contributed by atoms with van der Waals surface area (Å²) in [6.07, 6.45) is 3.60. The number of hydrogen-bond donors (Lipinski definition) is 2. The Balaban J connectivity index is 2.62. The smallest absolute Gasteiger partial charge is 0.311 e. The van der Waals surface area contributed by atoms with Gasteiger partial charge in [0.05, 0.1) is 27.8 Å². The van der Waals surface area contributed by atoms with Crippen LogP contribution < -0.4 is 14.4 Å². The fraction of sp³-hybridized carbons (Fsp3) is 0.548. The second kappa shape index (κ2) is 17.6. The molecule has 0 radical (unpaired) electrons. The molecule has 44 heavy (non-hydrogen) atoms. The molecular weight excluding hydrogens is 634 g/mol. The molecule has 0 bridgehead atoms. The number of azo groups is 1. The summed E-state index contributed by atoms with van der Waals surface area (Å²) in [4.78, 5) is 25.8. The van der Waals surface area contributed by atoms with Gasteiger partial charge in [-0.1, -0.05) is 27.7 Å². The third kappa shape index (κ3) is 11.5. The van der Waals surface area contributed by atoms with Gasteiger partial charge in [-0.25, -0.2) is 0 Å². The summed E-state index contributed by atoms with van der Waals surface area (Å²) in [5.74, 6) is 0.170. The molecule has 2 aromatic rings. The molecule has 240 valence electrons. The normalized spacial score (nSPS) is 12.2. The zero-order valence-corrected chi connectivity index (χ0v) is 27.6. The molecule has 0 aliphatic carbocycles. The van der Waals surface area contributed by atoms with E-state index in [9.17, 15) is 30.4 Å². The average molecular weight is 677 g/mol. The molecule has 0 fully saturated rings. The van der Waals surface area contributed by atoms with Crippen molar-refractivity contribution in [1.82, 2.24) is 0 Å². The van der Waals surface area contributed by atoms with Gasteiger partial charge in [0.15, 0.2) is 5.75 Å². The summed E-state index contributed by atoms with van der Waals surface area (Å²) in [7, 11) is 1.50. The zero-order valence-electron chi connectivity index (χ0n) is 26.0. The Labute approximate surface area is 267 Å². The van der Waals surface area contributed by atoms with E-state index in [0.29, 0.717) is 50.2 Å². The van der Waals surface area contributed by atoms with Gasteiger partial charge in [0.2, 0.25) is 0 Å². The van der Waals surface area contributed by atoms with Gasteiger partial charge in [-0.2, -0.15) is 5.26 Å². The predicted octanol–water partition coefficient (Wildman–Crippen LogP) is 7.37. The molecule has 2 aromatic carbocycles. The number of aliphatic hydroxyl groups excluding tert-OH is 2. The van der Waals surface area contributed by atoms with Gasteiger partial charge in [0.25, 0.3) is 5.69 Å². The van der Waals surface area contributed by atoms with Crippen LogP contribution in [-0.4, -0.2) is 54.5 Å². The summed E-state index contributed by atoms with van der Waals surface area (Å²) in [5.41, 5.74) is 0.565. The van der Waals surface area contributed by atoms with Crippen molar-refractivity contribution in [2.45, 2.75) is 66.2 Å². The number of nitrogens with zero attached hydrogens (tertiary/aromatic N) is 5. The predicted molar refractivity (Wildman–Crippen MR) is 171 cm³/mol. The van der Waals surface area contributed by atoms with E-state index in [4.69, 9.17) is 9.47 Å². The van der Waals surface area contributed by atoms with Crippen LogP contribution in [0.5, 0.6) is 11.5 Å². The van der Waals surface area contributed by atoms with Gasteiger partial charge in [0.1, 0.15) is 23.2 Å². The van der Waals surface area contributed by atoms with E-state index in [2.05, 4.69) is 46.9 Å².